The third kappa shape index (κ3) is 8.34. The highest BCUT2D eigenvalue weighted by Crippen LogP contribution is 2.14. The SMILES string of the molecule is CC(C)(C)OC(=O)N[C@H](Cc1ccc([N+](=O)[O-])cc1)C(=O)NCCN1CCOCC1. The summed E-state index contributed by atoms with van der Waals surface area (Å²) < 4.78 is 10.6. The summed E-state index contributed by atoms with van der Waals surface area (Å²) in [6.07, 6.45) is -0.515. The normalized spacial score (nSPS) is 15.8. The molecule has 1 aromatic carbocycles. The van der Waals surface area contributed by atoms with Gasteiger partial charge in [-0.3, -0.25) is 19.8 Å². The summed E-state index contributed by atoms with van der Waals surface area (Å²) in [7, 11) is 0. The zero-order valence-corrected chi connectivity index (χ0v) is 17.7. The van der Waals surface area contributed by atoms with Crippen molar-refractivity contribution in [3.8, 4) is 0 Å². The molecule has 0 aromatic heterocycles. The van der Waals surface area contributed by atoms with E-state index >= 15 is 0 Å². The lowest BCUT2D eigenvalue weighted by Gasteiger charge is -2.27. The van der Waals surface area contributed by atoms with Crippen LogP contribution < -0.4 is 10.6 Å². The Kier molecular flexibility index (Phi) is 8.55. The molecule has 1 aromatic rings. The third-order valence-electron chi connectivity index (χ3n) is 4.43. The first kappa shape index (κ1) is 23.6. The molecule has 0 aliphatic carbocycles. The molecule has 0 radical (unpaired) electrons. The summed E-state index contributed by atoms with van der Waals surface area (Å²) in [6, 6.07) is 5.02. The molecule has 2 amide bonds. The first-order chi connectivity index (χ1) is 14.1. The third-order valence-corrected chi connectivity index (χ3v) is 4.43. The van der Waals surface area contributed by atoms with Crippen molar-refractivity contribution < 1.29 is 24.0 Å². The first-order valence-corrected chi connectivity index (χ1v) is 9.95. The molecule has 30 heavy (non-hydrogen) atoms. The molecule has 0 bridgehead atoms. The van der Waals surface area contributed by atoms with Gasteiger partial charge in [-0.1, -0.05) is 12.1 Å². The van der Waals surface area contributed by atoms with Gasteiger partial charge in [0.15, 0.2) is 0 Å². The van der Waals surface area contributed by atoms with Gasteiger partial charge in [0.25, 0.3) is 5.69 Å². The summed E-state index contributed by atoms with van der Waals surface area (Å²) in [4.78, 5) is 37.5. The quantitative estimate of drug-likeness (QED) is 0.480. The number of hydrogen-bond donors (Lipinski definition) is 2. The van der Waals surface area contributed by atoms with Gasteiger partial charge in [0.05, 0.1) is 18.1 Å². The van der Waals surface area contributed by atoms with Crippen molar-refractivity contribution >= 4 is 17.7 Å². The number of carbonyl (C=O) groups is 2. The second-order valence-corrected chi connectivity index (χ2v) is 8.07. The minimum atomic E-state index is -0.869. The van der Waals surface area contributed by atoms with Crippen molar-refractivity contribution in [2.75, 3.05) is 39.4 Å². The monoisotopic (exact) mass is 422 g/mol. The Labute approximate surface area is 176 Å². The molecule has 2 rings (SSSR count). The molecule has 1 aliphatic heterocycles. The van der Waals surface area contributed by atoms with Crippen molar-refractivity contribution in [3.05, 3.63) is 39.9 Å². The van der Waals surface area contributed by atoms with E-state index in [1.54, 1.807) is 32.9 Å². The highest BCUT2D eigenvalue weighted by atomic mass is 16.6. The Balaban J connectivity index is 1.98. The van der Waals surface area contributed by atoms with Crippen LogP contribution in [0.2, 0.25) is 0 Å². The second kappa shape index (κ2) is 10.9. The van der Waals surface area contributed by atoms with E-state index < -0.39 is 22.7 Å². The van der Waals surface area contributed by atoms with Crippen LogP contribution in [0.3, 0.4) is 0 Å². The molecular formula is C20H30N4O6. The van der Waals surface area contributed by atoms with E-state index in [9.17, 15) is 19.7 Å². The van der Waals surface area contributed by atoms with Crippen molar-refractivity contribution in [2.45, 2.75) is 38.8 Å². The van der Waals surface area contributed by atoms with E-state index in [2.05, 4.69) is 15.5 Å². The molecule has 0 saturated carbocycles. The molecule has 0 unspecified atom stereocenters. The van der Waals surface area contributed by atoms with E-state index in [0.717, 1.165) is 13.1 Å². The van der Waals surface area contributed by atoms with Crippen LogP contribution in [0, 0.1) is 10.1 Å². The van der Waals surface area contributed by atoms with Gasteiger partial charge in [0.2, 0.25) is 5.91 Å². The maximum atomic E-state index is 12.7. The van der Waals surface area contributed by atoms with E-state index in [0.29, 0.717) is 31.9 Å². The van der Waals surface area contributed by atoms with Gasteiger partial charge in [-0.25, -0.2) is 4.79 Å². The van der Waals surface area contributed by atoms with Crippen molar-refractivity contribution in [3.63, 3.8) is 0 Å². The number of nitrogens with one attached hydrogen (secondary N) is 2. The van der Waals surface area contributed by atoms with Crippen LogP contribution in [0.5, 0.6) is 0 Å². The molecule has 1 atom stereocenters. The standard InChI is InChI=1S/C20H30N4O6/c1-20(2,3)30-19(26)22-17(14-15-4-6-16(7-5-15)24(27)28)18(25)21-8-9-23-10-12-29-13-11-23/h4-7,17H,8-14H2,1-3H3,(H,21,25)(H,22,26)/t17-/m1/s1. The van der Waals surface area contributed by atoms with Crippen LogP contribution in [0.15, 0.2) is 24.3 Å². The van der Waals surface area contributed by atoms with E-state index in [1.807, 2.05) is 0 Å². The highest BCUT2D eigenvalue weighted by molar-refractivity contribution is 5.86. The molecule has 1 heterocycles. The molecule has 1 saturated heterocycles. The van der Waals surface area contributed by atoms with Crippen LogP contribution in [-0.4, -0.2) is 72.9 Å². The minimum Gasteiger partial charge on any atom is -0.444 e. The topological polar surface area (TPSA) is 123 Å². The Hall–Kier alpha value is -2.72. The fourth-order valence-corrected chi connectivity index (χ4v) is 2.93. The molecule has 1 aliphatic rings. The summed E-state index contributed by atoms with van der Waals surface area (Å²) >= 11 is 0. The maximum absolute atomic E-state index is 12.7. The number of nitro groups is 1. The number of morpholine rings is 1. The number of alkyl carbamates (subject to hydrolysis) is 1. The molecular weight excluding hydrogens is 392 g/mol. The number of nitrogens with zero attached hydrogens (tertiary/aromatic N) is 2. The Morgan fingerprint density at radius 1 is 1.23 bits per heavy atom. The van der Waals surface area contributed by atoms with Crippen LogP contribution in [0.25, 0.3) is 0 Å². The van der Waals surface area contributed by atoms with Gasteiger partial charge < -0.3 is 20.1 Å². The van der Waals surface area contributed by atoms with E-state index in [4.69, 9.17) is 9.47 Å². The van der Waals surface area contributed by atoms with Gasteiger partial charge in [-0.2, -0.15) is 0 Å². The summed E-state index contributed by atoms with van der Waals surface area (Å²) in [5.74, 6) is -0.340. The average molecular weight is 422 g/mol. The number of non-ortho nitro benzene ring substituents is 1. The fraction of sp³-hybridized carbons (Fsp3) is 0.600. The molecule has 1 fully saturated rings. The smallest absolute Gasteiger partial charge is 0.408 e. The Bertz CT molecular complexity index is 726. The highest BCUT2D eigenvalue weighted by Gasteiger charge is 2.25. The molecule has 10 heteroatoms. The van der Waals surface area contributed by atoms with Crippen molar-refractivity contribution in [2.24, 2.45) is 0 Å². The number of amides is 2. The summed E-state index contributed by atoms with van der Waals surface area (Å²) in [5, 5.41) is 16.3. The van der Waals surface area contributed by atoms with E-state index in [-0.39, 0.29) is 18.0 Å². The zero-order chi connectivity index (χ0) is 22.1. The summed E-state index contributed by atoms with van der Waals surface area (Å²) in [6.45, 7) is 9.32. The lowest BCUT2D eigenvalue weighted by molar-refractivity contribution is -0.384. The minimum absolute atomic E-state index is 0.0367. The average Bonchev–Trinajstić information content (AvgIpc) is 2.67. The van der Waals surface area contributed by atoms with Crippen LogP contribution in [0.4, 0.5) is 10.5 Å². The van der Waals surface area contributed by atoms with Crippen molar-refractivity contribution in [1.82, 2.24) is 15.5 Å². The van der Waals surface area contributed by atoms with Gasteiger partial charge in [0, 0.05) is 44.7 Å². The number of benzene rings is 1. The number of nitro benzene ring substituents is 1. The van der Waals surface area contributed by atoms with Crippen molar-refractivity contribution in [1.29, 1.82) is 0 Å². The number of carbonyl (C=O) groups excluding carboxylic acids is 2. The molecule has 10 nitrogen and oxygen atoms in total. The first-order valence-electron chi connectivity index (χ1n) is 9.95. The molecule has 2 N–H and O–H groups in total. The lowest BCUT2D eigenvalue weighted by atomic mass is 10.0. The summed E-state index contributed by atoms with van der Waals surface area (Å²) in [5.41, 5.74) is -0.0511. The molecule has 0 spiro atoms. The predicted octanol–water partition coefficient (Wildman–Crippen LogP) is 1.48. The van der Waals surface area contributed by atoms with E-state index in [1.165, 1.54) is 12.1 Å². The van der Waals surface area contributed by atoms with Crippen LogP contribution >= 0.6 is 0 Å². The van der Waals surface area contributed by atoms with Gasteiger partial charge in [-0.05, 0) is 26.3 Å². The molecule has 166 valence electrons. The number of rotatable bonds is 8. The number of hydrogen-bond acceptors (Lipinski definition) is 7. The maximum Gasteiger partial charge on any atom is 0.408 e. The van der Waals surface area contributed by atoms with Gasteiger partial charge >= 0.3 is 6.09 Å². The predicted molar refractivity (Wildman–Crippen MR) is 110 cm³/mol. The lowest BCUT2D eigenvalue weighted by Crippen LogP contribution is -2.50. The van der Waals surface area contributed by atoms with Crippen LogP contribution in [0.1, 0.15) is 26.3 Å². The van der Waals surface area contributed by atoms with Gasteiger partial charge in [-0.15, -0.1) is 0 Å². The Morgan fingerprint density at radius 2 is 1.87 bits per heavy atom. The second-order valence-electron chi connectivity index (χ2n) is 8.07. The number of ether oxygens (including phenoxy) is 2. The van der Waals surface area contributed by atoms with Gasteiger partial charge in [0.1, 0.15) is 11.6 Å². The zero-order valence-electron chi connectivity index (χ0n) is 17.7. The largest absolute Gasteiger partial charge is 0.444 e. The van der Waals surface area contributed by atoms with Crippen LogP contribution in [-0.2, 0) is 20.7 Å². The Morgan fingerprint density at radius 3 is 2.43 bits per heavy atom. The fourth-order valence-electron chi connectivity index (χ4n) is 2.93.